The van der Waals surface area contributed by atoms with Crippen LogP contribution in [0.3, 0.4) is 0 Å². The molecule has 0 aromatic heterocycles. The molecule has 38 valence electrons. The summed E-state index contributed by atoms with van der Waals surface area (Å²) in [6, 6.07) is 0. The van der Waals surface area contributed by atoms with E-state index in [1.165, 1.54) is 26.4 Å². The maximum absolute atomic E-state index is 8.68. The fourth-order valence-electron chi connectivity index (χ4n) is 0. The van der Waals surface area contributed by atoms with Gasteiger partial charge < -0.3 is 9.59 Å². The summed E-state index contributed by atoms with van der Waals surface area (Å²) in [5, 5.41) is 0. The monoisotopic (exact) mass is 353 g/mol. The van der Waals surface area contributed by atoms with Gasteiger partial charge in [-0.05, 0) is 0 Å². The van der Waals surface area contributed by atoms with Gasteiger partial charge in [-0.2, -0.15) is 13.8 Å². The van der Waals surface area contributed by atoms with Crippen LogP contribution in [0.1, 0.15) is 13.8 Å². The van der Waals surface area contributed by atoms with Crippen LogP contribution >= 0.6 is 0 Å². The Morgan fingerprint density at radius 3 is 1.00 bits per heavy atom. The zero-order chi connectivity index (χ0) is 5.41. The first-order chi connectivity index (χ1) is 2.83. The summed E-state index contributed by atoms with van der Waals surface area (Å²) < 4.78 is 0. The predicted octanol–water partition coefficient (Wildman–Crippen LogP) is 0.232. The molecule has 0 aliphatic heterocycles. The molecule has 0 atom stereocenters. The molecule has 0 heterocycles. The van der Waals surface area contributed by atoms with Crippen LogP contribution in [0.25, 0.3) is 0 Å². The van der Waals surface area contributed by atoms with Gasteiger partial charge in [0.05, 0.1) is 0 Å². The Balaban J connectivity index is -0.0000000400. The summed E-state index contributed by atoms with van der Waals surface area (Å²) >= 11 is 0. The second-order valence-electron chi connectivity index (χ2n) is 0.408. The molecule has 0 aliphatic carbocycles. The SMILES string of the molecule is C[C-]=O.C[C-]=O.[Rf]. The second-order valence-corrected chi connectivity index (χ2v) is 0.408. The van der Waals surface area contributed by atoms with Crippen LogP contribution < -0.4 is 0 Å². The molecule has 0 fully saturated rings. The smallest absolute Gasteiger partial charge is 0 e. The maximum Gasteiger partial charge on any atom is 0 e. The van der Waals surface area contributed by atoms with Crippen molar-refractivity contribution in [1.29, 1.82) is 0 Å². The molecule has 0 bridgehead atoms. The van der Waals surface area contributed by atoms with Crippen molar-refractivity contribution in [3.8, 4) is 0 Å². The van der Waals surface area contributed by atoms with Crippen molar-refractivity contribution in [2.75, 3.05) is 0 Å². The summed E-state index contributed by atoms with van der Waals surface area (Å²) in [6.07, 6.45) is 3.00. The molecular formula is C4H6O2Rf-2. The predicted molar refractivity (Wildman–Crippen MR) is 22.7 cm³/mol. The molecule has 0 unspecified atom stereocenters. The molecule has 7 heavy (non-hydrogen) atoms. The fourth-order valence-corrected chi connectivity index (χ4v) is 0. The number of hydrogen-bond acceptors (Lipinski definition) is 2. The Hall–Kier alpha value is -1.66. The van der Waals surface area contributed by atoms with E-state index in [2.05, 4.69) is 0 Å². The van der Waals surface area contributed by atoms with Crippen LogP contribution in [0.15, 0.2) is 0 Å². The van der Waals surface area contributed by atoms with Crippen molar-refractivity contribution >= 4 is 12.6 Å². The topological polar surface area (TPSA) is 34.1 Å². The molecule has 0 saturated heterocycles. The minimum absolute atomic E-state index is 0. The molecule has 0 spiro atoms. The average Bonchev–Trinajstić information content (AvgIpc) is 1.39. The van der Waals surface area contributed by atoms with Crippen molar-refractivity contribution in [3.05, 3.63) is 0 Å². The average molecular weight is 353 g/mol. The van der Waals surface area contributed by atoms with Crippen molar-refractivity contribution in [1.82, 2.24) is 0 Å². The second kappa shape index (κ2) is 419. The number of rotatable bonds is 0. The van der Waals surface area contributed by atoms with Gasteiger partial charge in [-0.25, -0.2) is 0 Å². The molecule has 0 aliphatic rings. The van der Waals surface area contributed by atoms with Gasteiger partial charge in [-0.3, -0.25) is 12.6 Å². The fraction of sp³-hybridized carbons (Fsp3) is 0.500. The molecule has 2 nitrogen and oxygen atoms in total. The van der Waals surface area contributed by atoms with E-state index in [0.29, 0.717) is 0 Å². The molecule has 0 aromatic carbocycles. The van der Waals surface area contributed by atoms with Crippen molar-refractivity contribution in [2.45, 2.75) is 13.8 Å². The van der Waals surface area contributed by atoms with Crippen molar-refractivity contribution in [3.63, 3.8) is 0 Å². The number of hydrogen-bond donors (Lipinski definition) is 0. The minimum Gasteiger partial charge on any atom is -0.542 e. The maximum atomic E-state index is 8.68. The van der Waals surface area contributed by atoms with E-state index < -0.39 is 0 Å². The molecular weight excluding hydrogens is 347 g/mol. The van der Waals surface area contributed by atoms with Crippen LogP contribution in [-0.4, -0.2) is 12.6 Å². The van der Waals surface area contributed by atoms with E-state index in [9.17, 15) is 0 Å². The van der Waals surface area contributed by atoms with Crippen LogP contribution in [0.4, 0.5) is 0 Å². The molecule has 0 rings (SSSR count). The Morgan fingerprint density at radius 2 is 1.00 bits per heavy atom. The summed E-state index contributed by atoms with van der Waals surface area (Å²) in [6.45, 7) is 2.64. The normalized spacial score (nSPS) is 3.71. The van der Waals surface area contributed by atoms with E-state index in [4.69, 9.17) is 9.59 Å². The summed E-state index contributed by atoms with van der Waals surface area (Å²) in [7, 11) is 0. The van der Waals surface area contributed by atoms with Gasteiger partial charge >= 0.3 is 0 Å². The molecule has 0 radical (unpaired) electrons. The summed E-state index contributed by atoms with van der Waals surface area (Å²) in [5.41, 5.74) is 0. The third-order valence-corrected chi connectivity index (χ3v) is 0. The third-order valence-electron chi connectivity index (χ3n) is 0. The van der Waals surface area contributed by atoms with Gasteiger partial charge in [-0.1, -0.05) is 0 Å². The Labute approximate surface area is 37.2 Å². The van der Waals surface area contributed by atoms with Crippen LogP contribution in [0.2, 0.25) is 0 Å². The molecule has 0 saturated carbocycles. The van der Waals surface area contributed by atoms with Crippen LogP contribution in [-0.2, 0) is 9.59 Å². The van der Waals surface area contributed by atoms with E-state index in [-0.39, 0.29) is 0 Å². The van der Waals surface area contributed by atoms with Gasteiger partial charge in [0.2, 0.25) is 0 Å². The summed E-state index contributed by atoms with van der Waals surface area (Å²) in [4.78, 5) is 17.4. The quantitative estimate of drug-likeness (QED) is 0.585. The van der Waals surface area contributed by atoms with Gasteiger partial charge in [0.1, 0.15) is 0 Å². The molecule has 3 heteroatoms. The zero-order valence-corrected chi connectivity index (χ0v) is 10.9. The van der Waals surface area contributed by atoms with E-state index in [1.54, 1.807) is 0 Å². The first-order valence-electron chi connectivity index (χ1n) is 1.41. The Morgan fingerprint density at radius 1 is 1.00 bits per heavy atom. The minimum atomic E-state index is 0. The first kappa shape index (κ1) is 18.4. The first-order valence-corrected chi connectivity index (χ1v) is 1.41. The van der Waals surface area contributed by atoms with E-state index >= 15 is 0 Å². The summed E-state index contributed by atoms with van der Waals surface area (Å²) in [5.74, 6) is 0. The largest absolute Gasteiger partial charge is 0.542 e. The van der Waals surface area contributed by atoms with Crippen molar-refractivity contribution in [2.24, 2.45) is 0 Å². The Kier molecular flexibility index (Phi) is 1100. The zero-order valence-electron chi connectivity index (χ0n) is 4.52. The van der Waals surface area contributed by atoms with Crippen molar-refractivity contribution < 1.29 is 9.59 Å². The van der Waals surface area contributed by atoms with E-state index in [1.807, 2.05) is 0 Å². The molecule has 0 N–H and O–H groups in total. The standard InChI is InChI=1S/2C2H3O.Rf/c2*1-2-3;/h2*1H3;/q2*-1;. The molecule has 0 aromatic rings. The van der Waals surface area contributed by atoms with Crippen LogP contribution in [0, 0.1) is 0 Å². The van der Waals surface area contributed by atoms with Gasteiger partial charge in [0, 0.05) is 0 Å². The Bertz CT molecular complexity index is 30.7. The van der Waals surface area contributed by atoms with Gasteiger partial charge in [0.25, 0.3) is 0 Å². The van der Waals surface area contributed by atoms with Crippen LogP contribution in [0.5, 0.6) is 0 Å². The van der Waals surface area contributed by atoms with Gasteiger partial charge in [0.15, 0.2) is 0 Å². The number of carbonyl (C=O) groups excluding carboxylic acids is 2. The third kappa shape index (κ3) is 8.62. The van der Waals surface area contributed by atoms with E-state index in [0.717, 1.165) is 0 Å². The van der Waals surface area contributed by atoms with Gasteiger partial charge in [-0.15, -0.1) is 0 Å². The molecule has 0 amide bonds.